The molecule has 0 unspecified atom stereocenters. The van der Waals surface area contributed by atoms with Gasteiger partial charge in [0.15, 0.2) is 0 Å². The van der Waals surface area contributed by atoms with E-state index in [4.69, 9.17) is 0 Å². The van der Waals surface area contributed by atoms with Gasteiger partial charge in [-0.1, -0.05) is 20.4 Å². The Balaban J connectivity index is 2.46. The molecule has 2 nitrogen and oxygen atoms in total. The lowest BCUT2D eigenvalue weighted by Gasteiger charge is -2.36. The van der Waals surface area contributed by atoms with Crippen molar-refractivity contribution in [3.8, 4) is 0 Å². The van der Waals surface area contributed by atoms with Crippen molar-refractivity contribution >= 4 is 5.91 Å². The van der Waals surface area contributed by atoms with E-state index < -0.39 is 0 Å². The number of likely N-dealkylation sites (tertiary alicyclic amines) is 1. The van der Waals surface area contributed by atoms with E-state index in [0.717, 1.165) is 25.9 Å². The summed E-state index contributed by atoms with van der Waals surface area (Å²) in [5.74, 6) is 0.0745. The van der Waals surface area contributed by atoms with E-state index in [0.29, 0.717) is 5.41 Å². The second kappa shape index (κ2) is 3.30. The predicted molar refractivity (Wildman–Crippen MR) is 49.8 cm³/mol. The zero-order chi connectivity index (χ0) is 9.19. The molecule has 1 heterocycles. The Labute approximate surface area is 74.2 Å². The molecule has 0 aromatic rings. The minimum atomic E-state index is 0.0745. The molecule has 0 radical (unpaired) electrons. The summed E-state index contributed by atoms with van der Waals surface area (Å²) in [6.45, 7) is 9.76. The average Bonchev–Trinajstić information content (AvgIpc) is 2.03. The molecule has 0 aromatic heterocycles. The second-order valence-electron chi connectivity index (χ2n) is 4.19. The topological polar surface area (TPSA) is 20.3 Å². The Morgan fingerprint density at radius 1 is 1.42 bits per heavy atom. The molecule has 68 valence electrons. The van der Waals surface area contributed by atoms with Crippen LogP contribution in [0.2, 0.25) is 0 Å². The van der Waals surface area contributed by atoms with E-state index >= 15 is 0 Å². The summed E-state index contributed by atoms with van der Waals surface area (Å²) in [6.07, 6.45) is 3.61. The minimum Gasteiger partial charge on any atom is -0.339 e. The smallest absolute Gasteiger partial charge is 0.245 e. The van der Waals surface area contributed by atoms with Gasteiger partial charge in [-0.25, -0.2) is 0 Å². The van der Waals surface area contributed by atoms with Gasteiger partial charge in [-0.15, -0.1) is 0 Å². The molecule has 0 bridgehead atoms. The van der Waals surface area contributed by atoms with Gasteiger partial charge in [-0.05, 0) is 24.3 Å². The van der Waals surface area contributed by atoms with Crippen LogP contribution >= 0.6 is 0 Å². The fraction of sp³-hybridized carbons (Fsp3) is 0.700. The summed E-state index contributed by atoms with van der Waals surface area (Å²) in [6, 6.07) is 0. The van der Waals surface area contributed by atoms with E-state index in [1.165, 1.54) is 6.08 Å². The Morgan fingerprint density at radius 3 is 2.33 bits per heavy atom. The average molecular weight is 167 g/mol. The van der Waals surface area contributed by atoms with Crippen molar-refractivity contribution in [2.75, 3.05) is 13.1 Å². The first-order valence-corrected chi connectivity index (χ1v) is 4.46. The summed E-state index contributed by atoms with van der Waals surface area (Å²) >= 11 is 0. The molecule has 1 saturated heterocycles. The summed E-state index contributed by atoms with van der Waals surface area (Å²) < 4.78 is 0. The molecular weight excluding hydrogens is 150 g/mol. The Kier molecular flexibility index (Phi) is 2.55. The molecule has 1 fully saturated rings. The van der Waals surface area contributed by atoms with Crippen molar-refractivity contribution in [2.24, 2.45) is 5.41 Å². The van der Waals surface area contributed by atoms with Crippen LogP contribution in [0.1, 0.15) is 26.7 Å². The molecule has 0 saturated carbocycles. The van der Waals surface area contributed by atoms with Gasteiger partial charge in [0.2, 0.25) is 5.91 Å². The number of carbonyl (C=O) groups is 1. The van der Waals surface area contributed by atoms with Crippen LogP contribution in [0.3, 0.4) is 0 Å². The molecule has 1 aliphatic rings. The number of nitrogens with zero attached hydrogens (tertiary/aromatic N) is 1. The van der Waals surface area contributed by atoms with Crippen LogP contribution in [0.15, 0.2) is 12.7 Å². The lowest BCUT2D eigenvalue weighted by Crippen LogP contribution is -2.40. The van der Waals surface area contributed by atoms with Crippen molar-refractivity contribution in [1.82, 2.24) is 4.90 Å². The fourth-order valence-corrected chi connectivity index (χ4v) is 1.46. The van der Waals surface area contributed by atoms with Crippen LogP contribution in [0.4, 0.5) is 0 Å². The number of amides is 1. The number of piperidine rings is 1. The molecule has 0 aliphatic carbocycles. The van der Waals surface area contributed by atoms with Gasteiger partial charge in [0, 0.05) is 13.1 Å². The van der Waals surface area contributed by atoms with Gasteiger partial charge in [0.05, 0.1) is 0 Å². The zero-order valence-electron chi connectivity index (χ0n) is 7.97. The molecule has 12 heavy (non-hydrogen) atoms. The molecule has 1 rings (SSSR count). The first-order valence-electron chi connectivity index (χ1n) is 4.46. The highest BCUT2D eigenvalue weighted by atomic mass is 16.2. The van der Waals surface area contributed by atoms with Crippen molar-refractivity contribution < 1.29 is 4.79 Å². The third-order valence-electron chi connectivity index (χ3n) is 2.60. The van der Waals surface area contributed by atoms with Gasteiger partial charge in [-0.3, -0.25) is 4.79 Å². The largest absolute Gasteiger partial charge is 0.339 e. The maximum atomic E-state index is 11.2. The van der Waals surface area contributed by atoms with E-state index in [1.807, 2.05) is 4.90 Å². The van der Waals surface area contributed by atoms with E-state index in [-0.39, 0.29) is 5.91 Å². The number of hydrogen-bond donors (Lipinski definition) is 0. The first-order chi connectivity index (χ1) is 5.55. The maximum absolute atomic E-state index is 11.2. The van der Waals surface area contributed by atoms with Gasteiger partial charge in [0.25, 0.3) is 0 Å². The Bertz CT molecular complexity index is 186. The Morgan fingerprint density at radius 2 is 1.92 bits per heavy atom. The molecule has 0 aromatic carbocycles. The van der Waals surface area contributed by atoms with Crippen molar-refractivity contribution in [1.29, 1.82) is 0 Å². The zero-order valence-corrected chi connectivity index (χ0v) is 7.97. The Hall–Kier alpha value is -0.790. The van der Waals surface area contributed by atoms with Crippen LogP contribution in [-0.4, -0.2) is 23.9 Å². The third-order valence-corrected chi connectivity index (χ3v) is 2.60. The van der Waals surface area contributed by atoms with Crippen LogP contribution in [0, 0.1) is 5.41 Å². The van der Waals surface area contributed by atoms with Crippen LogP contribution < -0.4 is 0 Å². The fourth-order valence-electron chi connectivity index (χ4n) is 1.46. The third kappa shape index (κ3) is 2.10. The second-order valence-corrected chi connectivity index (χ2v) is 4.19. The van der Waals surface area contributed by atoms with Crippen molar-refractivity contribution in [2.45, 2.75) is 26.7 Å². The highest BCUT2D eigenvalue weighted by Gasteiger charge is 2.26. The van der Waals surface area contributed by atoms with E-state index in [1.54, 1.807) is 0 Å². The van der Waals surface area contributed by atoms with Gasteiger partial charge in [0.1, 0.15) is 0 Å². The quantitative estimate of drug-likeness (QED) is 0.545. The van der Waals surface area contributed by atoms with E-state index in [2.05, 4.69) is 20.4 Å². The summed E-state index contributed by atoms with van der Waals surface area (Å²) in [5, 5.41) is 0. The summed E-state index contributed by atoms with van der Waals surface area (Å²) in [4.78, 5) is 13.1. The van der Waals surface area contributed by atoms with Crippen molar-refractivity contribution in [3.05, 3.63) is 12.7 Å². The molecule has 1 amide bonds. The van der Waals surface area contributed by atoms with Crippen LogP contribution in [0.5, 0.6) is 0 Å². The molecule has 1 aliphatic heterocycles. The monoisotopic (exact) mass is 167 g/mol. The number of rotatable bonds is 1. The molecule has 0 spiro atoms. The lowest BCUT2D eigenvalue weighted by molar-refractivity contribution is -0.127. The minimum absolute atomic E-state index is 0.0745. The molecular formula is C10H17NO. The summed E-state index contributed by atoms with van der Waals surface area (Å²) in [5.41, 5.74) is 0.415. The summed E-state index contributed by atoms with van der Waals surface area (Å²) in [7, 11) is 0. The van der Waals surface area contributed by atoms with Crippen LogP contribution in [0.25, 0.3) is 0 Å². The lowest BCUT2D eigenvalue weighted by atomic mass is 9.83. The first kappa shape index (κ1) is 9.30. The highest BCUT2D eigenvalue weighted by molar-refractivity contribution is 5.87. The molecule has 0 N–H and O–H groups in total. The van der Waals surface area contributed by atoms with Crippen molar-refractivity contribution in [3.63, 3.8) is 0 Å². The standard InChI is InChI=1S/C10H17NO/c1-4-9(12)11-7-5-10(2,3)6-8-11/h4H,1,5-8H2,2-3H3. The predicted octanol–water partition coefficient (Wildman–Crippen LogP) is 1.82. The molecule has 2 heteroatoms. The number of hydrogen-bond acceptors (Lipinski definition) is 1. The van der Waals surface area contributed by atoms with Crippen LogP contribution in [-0.2, 0) is 4.79 Å². The highest BCUT2D eigenvalue weighted by Crippen LogP contribution is 2.29. The molecule has 0 atom stereocenters. The SMILES string of the molecule is C=CC(=O)N1CCC(C)(C)CC1. The van der Waals surface area contributed by atoms with E-state index in [9.17, 15) is 4.79 Å². The van der Waals surface area contributed by atoms with Gasteiger partial charge in [-0.2, -0.15) is 0 Å². The number of carbonyl (C=O) groups excluding carboxylic acids is 1. The maximum Gasteiger partial charge on any atom is 0.245 e. The van der Waals surface area contributed by atoms with Gasteiger partial charge >= 0.3 is 0 Å². The normalized spacial score (nSPS) is 22.0. The van der Waals surface area contributed by atoms with Gasteiger partial charge < -0.3 is 4.90 Å².